The van der Waals surface area contributed by atoms with Crippen molar-refractivity contribution in [2.75, 3.05) is 13.2 Å². The van der Waals surface area contributed by atoms with E-state index in [2.05, 4.69) is 10.3 Å². The number of aliphatic hydroxyl groups is 1. The van der Waals surface area contributed by atoms with Gasteiger partial charge in [-0.1, -0.05) is 13.0 Å². The summed E-state index contributed by atoms with van der Waals surface area (Å²) in [4.78, 5) is 15.7. The molecule has 94 valence electrons. The number of hydrogen-bond acceptors (Lipinski definition) is 3. The number of carbonyl (C=O) groups excluding carboxylic acids is 1. The molecule has 0 aliphatic heterocycles. The van der Waals surface area contributed by atoms with Crippen molar-refractivity contribution in [3.8, 4) is 0 Å². The molecule has 0 aliphatic carbocycles. The van der Waals surface area contributed by atoms with Gasteiger partial charge in [-0.2, -0.15) is 0 Å². The highest BCUT2D eigenvalue weighted by Crippen LogP contribution is 2.01. The molecule has 4 nitrogen and oxygen atoms in total. The van der Waals surface area contributed by atoms with Crippen LogP contribution in [0.15, 0.2) is 18.3 Å². The second kappa shape index (κ2) is 7.01. The van der Waals surface area contributed by atoms with Crippen molar-refractivity contribution in [2.24, 2.45) is 5.92 Å². The lowest BCUT2D eigenvalue weighted by Gasteiger charge is -2.11. The van der Waals surface area contributed by atoms with Crippen LogP contribution in [-0.2, 0) is 11.2 Å². The van der Waals surface area contributed by atoms with E-state index >= 15 is 0 Å². The third-order valence-corrected chi connectivity index (χ3v) is 2.61. The Morgan fingerprint density at radius 1 is 1.53 bits per heavy atom. The van der Waals surface area contributed by atoms with Gasteiger partial charge in [0.05, 0.1) is 6.42 Å². The summed E-state index contributed by atoms with van der Waals surface area (Å²) in [7, 11) is 0. The molecule has 4 heteroatoms. The predicted molar refractivity (Wildman–Crippen MR) is 66.6 cm³/mol. The summed E-state index contributed by atoms with van der Waals surface area (Å²) in [6.07, 6.45) is 2.80. The number of nitrogens with one attached hydrogen (secondary N) is 1. The van der Waals surface area contributed by atoms with Crippen molar-refractivity contribution in [3.63, 3.8) is 0 Å². The van der Waals surface area contributed by atoms with Gasteiger partial charge in [0, 0.05) is 25.0 Å². The maximum atomic E-state index is 11.6. The molecule has 1 amide bonds. The molecule has 0 radical (unpaired) electrons. The molecule has 1 aromatic heterocycles. The molecule has 0 aromatic carbocycles. The van der Waals surface area contributed by atoms with E-state index < -0.39 is 0 Å². The minimum Gasteiger partial charge on any atom is -0.396 e. The Bertz CT molecular complexity index is 349. The first-order chi connectivity index (χ1) is 8.11. The molecule has 0 saturated heterocycles. The number of amides is 1. The summed E-state index contributed by atoms with van der Waals surface area (Å²) in [6, 6.07) is 3.82. The van der Waals surface area contributed by atoms with Crippen molar-refractivity contribution >= 4 is 5.91 Å². The van der Waals surface area contributed by atoms with Crippen LogP contribution in [0, 0.1) is 12.8 Å². The topological polar surface area (TPSA) is 62.2 Å². The summed E-state index contributed by atoms with van der Waals surface area (Å²) >= 11 is 0. The number of aromatic nitrogens is 1. The quantitative estimate of drug-likeness (QED) is 0.776. The molecular formula is C13H20N2O2. The maximum Gasteiger partial charge on any atom is 0.224 e. The van der Waals surface area contributed by atoms with Gasteiger partial charge >= 0.3 is 0 Å². The third-order valence-electron chi connectivity index (χ3n) is 2.61. The molecule has 0 saturated carbocycles. The number of nitrogens with zero attached hydrogens (tertiary/aromatic N) is 1. The average Bonchev–Trinajstić information content (AvgIpc) is 2.30. The van der Waals surface area contributed by atoms with Crippen molar-refractivity contribution in [1.82, 2.24) is 10.3 Å². The lowest BCUT2D eigenvalue weighted by molar-refractivity contribution is -0.120. The Kier molecular flexibility index (Phi) is 5.63. The summed E-state index contributed by atoms with van der Waals surface area (Å²) in [6.45, 7) is 4.70. The predicted octanol–water partition coefficient (Wildman–Crippen LogP) is 1.07. The van der Waals surface area contributed by atoms with Gasteiger partial charge in [0.25, 0.3) is 0 Å². The van der Waals surface area contributed by atoms with E-state index in [1.54, 1.807) is 6.20 Å². The van der Waals surface area contributed by atoms with E-state index in [1.807, 2.05) is 26.0 Å². The normalized spacial score (nSPS) is 12.2. The zero-order valence-electron chi connectivity index (χ0n) is 10.4. The molecule has 2 N–H and O–H groups in total. The number of rotatable bonds is 6. The number of carbonyl (C=O) groups is 1. The van der Waals surface area contributed by atoms with Gasteiger partial charge in [-0.25, -0.2) is 0 Å². The van der Waals surface area contributed by atoms with Gasteiger partial charge in [-0.15, -0.1) is 0 Å². The summed E-state index contributed by atoms with van der Waals surface area (Å²) in [5, 5.41) is 11.6. The first-order valence-electron chi connectivity index (χ1n) is 5.91. The van der Waals surface area contributed by atoms with Crippen LogP contribution in [0.4, 0.5) is 0 Å². The monoisotopic (exact) mass is 236 g/mol. The van der Waals surface area contributed by atoms with Crippen LogP contribution in [0.2, 0.25) is 0 Å². The highest BCUT2D eigenvalue weighted by molar-refractivity contribution is 5.78. The van der Waals surface area contributed by atoms with E-state index in [-0.39, 0.29) is 12.5 Å². The molecule has 0 fully saturated rings. The van der Waals surface area contributed by atoms with Crippen LogP contribution in [0.1, 0.15) is 24.6 Å². The summed E-state index contributed by atoms with van der Waals surface area (Å²) in [5.41, 5.74) is 1.87. The third kappa shape index (κ3) is 5.45. The fraction of sp³-hybridized carbons (Fsp3) is 0.538. The van der Waals surface area contributed by atoms with E-state index in [0.29, 0.717) is 25.3 Å². The van der Waals surface area contributed by atoms with E-state index in [9.17, 15) is 4.79 Å². The standard InChI is InChI=1S/C13H20N2O2/c1-10(5-6-16)8-15-13(17)7-12-4-3-11(2)14-9-12/h3-4,9-10,16H,5-8H2,1-2H3,(H,15,17). The minimum atomic E-state index is 0.000410. The molecule has 0 aliphatic rings. The van der Waals surface area contributed by atoms with Crippen molar-refractivity contribution in [3.05, 3.63) is 29.6 Å². The molecule has 1 unspecified atom stereocenters. The van der Waals surface area contributed by atoms with Gasteiger partial charge in [0.15, 0.2) is 0 Å². The number of aliphatic hydroxyl groups excluding tert-OH is 1. The highest BCUT2D eigenvalue weighted by atomic mass is 16.3. The zero-order valence-corrected chi connectivity index (χ0v) is 10.4. The van der Waals surface area contributed by atoms with Crippen LogP contribution >= 0.6 is 0 Å². The van der Waals surface area contributed by atoms with Crippen molar-refractivity contribution in [1.29, 1.82) is 0 Å². The van der Waals surface area contributed by atoms with E-state index in [0.717, 1.165) is 11.3 Å². The molecule has 1 atom stereocenters. The number of hydrogen-bond donors (Lipinski definition) is 2. The van der Waals surface area contributed by atoms with Gasteiger partial charge in [0.2, 0.25) is 5.91 Å². The Balaban J connectivity index is 2.32. The fourth-order valence-electron chi connectivity index (χ4n) is 1.46. The largest absolute Gasteiger partial charge is 0.396 e. The van der Waals surface area contributed by atoms with E-state index in [4.69, 9.17) is 5.11 Å². The Morgan fingerprint density at radius 3 is 2.88 bits per heavy atom. The SMILES string of the molecule is Cc1ccc(CC(=O)NCC(C)CCO)cn1. The Labute approximate surface area is 102 Å². The lowest BCUT2D eigenvalue weighted by atomic mass is 10.1. The van der Waals surface area contributed by atoms with Crippen molar-refractivity contribution in [2.45, 2.75) is 26.7 Å². The summed E-state index contributed by atoms with van der Waals surface area (Å²) < 4.78 is 0. The number of pyridine rings is 1. The smallest absolute Gasteiger partial charge is 0.224 e. The van der Waals surface area contributed by atoms with Crippen molar-refractivity contribution < 1.29 is 9.90 Å². The minimum absolute atomic E-state index is 0.000410. The molecular weight excluding hydrogens is 216 g/mol. The van der Waals surface area contributed by atoms with Crippen LogP contribution in [0.25, 0.3) is 0 Å². The van der Waals surface area contributed by atoms with Crippen LogP contribution < -0.4 is 5.32 Å². The average molecular weight is 236 g/mol. The molecule has 1 heterocycles. The van der Waals surface area contributed by atoms with Gasteiger partial charge in [-0.05, 0) is 30.9 Å². The summed E-state index contributed by atoms with van der Waals surface area (Å²) in [5.74, 6) is 0.306. The lowest BCUT2D eigenvalue weighted by Crippen LogP contribution is -2.29. The Hall–Kier alpha value is -1.42. The van der Waals surface area contributed by atoms with E-state index in [1.165, 1.54) is 0 Å². The molecule has 0 spiro atoms. The van der Waals surface area contributed by atoms with Crippen LogP contribution in [-0.4, -0.2) is 29.1 Å². The first-order valence-corrected chi connectivity index (χ1v) is 5.91. The molecule has 1 rings (SSSR count). The van der Waals surface area contributed by atoms with Crippen LogP contribution in [0.3, 0.4) is 0 Å². The number of aryl methyl sites for hydroxylation is 1. The van der Waals surface area contributed by atoms with Gasteiger partial charge in [0.1, 0.15) is 0 Å². The van der Waals surface area contributed by atoms with Gasteiger partial charge < -0.3 is 10.4 Å². The second-order valence-corrected chi connectivity index (χ2v) is 4.41. The second-order valence-electron chi connectivity index (χ2n) is 4.41. The molecule has 0 bridgehead atoms. The van der Waals surface area contributed by atoms with Gasteiger partial charge in [-0.3, -0.25) is 9.78 Å². The van der Waals surface area contributed by atoms with Crippen LogP contribution in [0.5, 0.6) is 0 Å². The Morgan fingerprint density at radius 2 is 2.29 bits per heavy atom. The highest BCUT2D eigenvalue weighted by Gasteiger charge is 2.06. The maximum absolute atomic E-state index is 11.6. The molecule has 1 aromatic rings. The zero-order chi connectivity index (χ0) is 12.7. The molecule has 17 heavy (non-hydrogen) atoms. The fourth-order valence-corrected chi connectivity index (χ4v) is 1.46. The first kappa shape index (κ1) is 13.6.